The number of ether oxygens (including phenoxy) is 1. The van der Waals surface area contributed by atoms with Gasteiger partial charge in [0.1, 0.15) is 5.75 Å². The van der Waals surface area contributed by atoms with Crippen molar-refractivity contribution < 1.29 is 4.74 Å². The van der Waals surface area contributed by atoms with Crippen molar-refractivity contribution in [2.24, 2.45) is 5.73 Å². The van der Waals surface area contributed by atoms with Crippen LogP contribution in [0, 0.1) is 0 Å². The second-order valence-electron chi connectivity index (χ2n) is 4.18. The van der Waals surface area contributed by atoms with Crippen LogP contribution in [0.5, 0.6) is 5.75 Å². The fourth-order valence-corrected chi connectivity index (χ4v) is 2.05. The Morgan fingerprint density at radius 1 is 1.33 bits per heavy atom. The van der Waals surface area contributed by atoms with Crippen LogP contribution in [0.3, 0.4) is 0 Å². The largest absolute Gasteiger partial charge is 0.497 e. The Hall–Kier alpha value is -1.87. The number of pyridine rings is 1. The van der Waals surface area contributed by atoms with Gasteiger partial charge in [0.2, 0.25) is 0 Å². The number of nitrogens with two attached hydrogens (primary N) is 1. The Labute approximate surface area is 108 Å². The van der Waals surface area contributed by atoms with Crippen LogP contribution in [0.2, 0.25) is 0 Å². The molecule has 1 atom stereocenters. The molecule has 2 N–H and O–H groups in total. The minimum absolute atomic E-state index is 0.141. The Balaban J connectivity index is 2.37. The molecule has 3 heteroatoms. The molecule has 18 heavy (non-hydrogen) atoms. The van der Waals surface area contributed by atoms with Gasteiger partial charge < -0.3 is 10.5 Å². The monoisotopic (exact) mass is 242 g/mol. The molecule has 0 saturated heterocycles. The quantitative estimate of drug-likeness (QED) is 0.896. The Bertz CT molecular complexity index is 525. The van der Waals surface area contributed by atoms with Crippen molar-refractivity contribution in [1.29, 1.82) is 0 Å². The predicted octanol–water partition coefficient (Wildman–Crippen LogP) is 2.70. The maximum absolute atomic E-state index is 6.33. The first kappa shape index (κ1) is 12.6. The molecule has 1 aromatic heterocycles. The van der Waals surface area contributed by atoms with E-state index < -0.39 is 0 Å². The van der Waals surface area contributed by atoms with E-state index in [4.69, 9.17) is 10.5 Å². The molecule has 1 aromatic carbocycles. The topological polar surface area (TPSA) is 48.1 Å². The van der Waals surface area contributed by atoms with Gasteiger partial charge in [0, 0.05) is 12.4 Å². The van der Waals surface area contributed by atoms with Crippen molar-refractivity contribution in [3.63, 3.8) is 0 Å². The average Bonchev–Trinajstić information content (AvgIpc) is 2.46. The van der Waals surface area contributed by atoms with E-state index in [0.717, 1.165) is 23.3 Å². The fraction of sp³-hybridized carbons (Fsp3) is 0.267. The molecule has 0 radical (unpaired) electrons. The normalized spacial score (nSPS) is 12.2. The molecule has 0 saturated carbocycles. The molecule has 94 valence electrons. The number of hydrogen-bond donors (Lipinski definition) is 1. The lowest BCUT2D eigenvalue weighted by atomic mass is 9.95. The molecule has 2 rings (SSSR count). The molecule has 2 aromatic rings. The lowest BCUT2D eigenvalue weighted by Gasteiger charge is -2.16. The molecule has 0 amide bonds. The van der Waals surface area contributed by atoms with Crippen LogP contribution in [-0.2, 0) is 6.42 Å². The van der Waals surface area contributed by atoms with Crippen LogP contribution in [0.4, 0.5) is 0 Å². The summed E-state index contributed by atoms with van der Waals surface area (Å²) in [5.74, 6) is 0.829. The van der Waals surface area contributed by atoms with Crippen molar-refractivity contribution >= 4 is 0 Å². The number of aryl methyl sites for hydroxylation is 1. The summed E-state index contributed by atoms with van der Waals surface area (Å²) in [5, 5.41) is 0. The third kappa shape index (κ3) is 2.51. The van der Waals surface area contributed by atoms with Gasteiger partial charge in [-0.15, -0.1) is 0 Å². The fourth-order valence-electron chi connectivity index (χ4n) is 2.05. The molecule has 0 aliphatic rings. The molecular weight excluding hydrogens is 224 g/mol. The van der Waals surface area contributed by atoms with Crippen LogP contribution in [-0.4, -0.2) is 12.1 Å². The molecule has 0 aliphatic heterocycles. The minimum Gasteiger partial charge on any atom is -0.497 e. The summed E-state index contributed by atoms with van der Waals surface area (Å²) >= 11 is 0. The first-order valence-electron chi connectivity index (χ1n) is 6.08. The molecule has 0 bridgehead atoms. The summed E-state index contributed by atoms with van der Waals surface area (Å²) in [6.07, 6.45) is 4.60. The van der Waals surface area contributed by atoms with Crippen molar-refractivity contribution in [1.82, 2.24) is 4.98 Å². The van der Waals surface area contributed by atoms with E-state index in [2.05, 4.69) is 11.9 Å². The zero-order chi connectivity index (χ0) is 13.0. The van der Waals surface area contributed by atoms with Gasteiger partial charge in [-0.1, -0.05) is 19.1 Å². The summed E-state index contributed by atoms with van der Waals surface area (Å²) in [6.45, 7) is 2.11. The van der Waals surface area contributed by atoms with Crippen LogP contribution < -0.4 is 10.5 Å². The molecule has 3 nitrogen and oxygen atoms in total. The average molecular weight is 242 g/mol. The van der Waals surface area contributed by atoms with Gasteiger partial charge in [0.05, 0.1) is 13.2 Å². The molecule has 0 fully saturated rings. The Morgan fingerprint density at radius 3 is 2.89 bits per heavy atom. The summed E-state index contributed by atoms with van der Waals surface area (Å²) in [6, 6.07) is 9.73. The standard InChI is InChI=1S/C15H18N2O/c1-3-11-10-17-8-7-14(11)15(16)12-5-4-6-13(9-12)18-2/h4-10,15H,3,16H2,1-2H3. The number of benzene rings is 1. The lowest BCUT2D eigenvalue weighted by molar-refractivity contribution is 0.414. The first-order valence-corrected chi connectivity index (χ1v) is 6.08. The van der Waals surface area contributed by atoms with E-state index in [1.54, 1.807) is 13.3 Å². The number of methoxy groups -OCH3 is 1. The van der Waals surface area contributed by atoms with Crippen molar-refractivity contribution in [2.75, 3.05) is 7.11 Å². The molecule has 0 aliphatic carbocycles. The second-order valence-corrected chi connectivity index (χ2v) is 4.18. The first-order chi connectivity index (χ1) is 8.76. The number of rotatable bonds is 4. The van der Waals surface area contributed by atoms with Gasteiger partial charge >= 0.3 is 0 Å². The van der Waals surface area contributed by atoms with E-state index >= 15 is 0 Å². The van der Waals surface area contributed by atoms with Crippen LogP contribution in [0.1, 0.15) is 29.7 Å². The van der Waals surface area contributed by atoms with Crippen molar-refractivity contribution in [3.8, 4) is 5.75 Å². The highest BCUT2D eigenvalue weighted by Gasteiger charge is 2.12. The Kier molecular flexibility index (Phi) is 3.95. The van der Waals surface area contributed by atoms with E-state index in [-0.39, 0.29) is 6.04 Å². The summed E-state index contributed by atoms with van der Waals surface area (Å²) < 4.78 is 5.23. The van der Waals surface area contributed by atoms with Gasteiger partial charge in [0.25, 0.3) is 0 Å². The predicted molar refractivity (Wildman–Crippen MR) is 72.6 cm³/mol. The maximum atomic E-state index is 6.33. The maximum Gasteiger partial charge on any atom is 0.119 e. The number of nitrogens with zero attached hydrogens (tertiary/aromatic N) is 1. The Morgan fingerprint density at radius 2 is 2.17 bits per heavy atom. The molecular formula is C15H18N2O. The van der Waals surface area contributed by atoms with Gasteiger partial charge in [-0.2, -0.15) is 0 Å². The van der Waals surface area contributed by atoms with Gasteiger partial charge in [0.15, 0.2) is 0 Å². The van der Waals surface area contributed by atoms with E-state index in [1.807, 2.05) is 36.5 Å². The zero-order valence-electron chi connectivity index (χ0n) is 10.8. The van der Waals surface area contributed by atoms with Crippen LogP contribution in [0.15, 0.2) is 42.7 Å². The number of hydrogen-bond acceptors (Lipinski definition) is 3. The SMILES string of the molecule is CCc1cnccc1C(N)c1cccc(OC)c1. The van der Waals surface area contributed by atoms with E-state index in [9.17, 15) is 0 Å². The summed E-state index contributed by atoms with van der Waals surface area (Å²) in [5.41, 5.74) is 9.70. The highest BCUT2D eigenvalue weighted by atomic mass is 16.5. The highest BCUT2D eigenvalue weighted by Crippen LogP contribution is 2.25. The van der Waals surface area contributed by atoms with Crippen LogP contribution >= 0.6 is 0 Å². The lowest BCUT2D eigenvalue weighted by Crippen LogP contribution is -2.14. The zero-order valence-corrected chi connectivity index (χ0v) is 10.8. The summed E-state index contributed by atoms with van der Waals surface area (Å²) in [4.78, 5) is 4.15. The number of aromatic nitrogens is 1. The van der Waals surface area contributed by atoms with Crippen molar-refractivity contribution in [2.45, 2.75) is 19.4 Å². The van der Waals surface area contributed by atoms with Crippen molar-refractivity contribution in [3.05, 3.63) is 59.4 Å². The molecule has 1 unspecified atom stereocenters. The molecule has 0 spiro atoms. The summed E-state index contributed by atoms with van der Waals surface area (Å²) in [7, 11) is 1.66. The minimum atomic E-state index is -0.141. The smallest absolute Gasteiger partial charge is 0.119 e. The van der Waals surface area contributed by atoms with E-state index in [0.29, 0.717) is 0 Å². The van der Waals surface area contributed by atoms with E-state index in [1.165, 1.54) is 5.56 Å². The third-order valence-electron chi connectivity index (χ3n) is 3.11. The van der Waals surface area contributed by atoms with Crippen LogP contribution in [0.25, 0.3) is 0 Å². The van der Waals surface area contributed by atoms with Gasteiger partial charge in [-0.3, -0.25) is 4.98 Å². The van der Waals surface area contributed by atoms with Gasteiger partial charge in [-0.25, -0.2) is 0 Å². The second kappa shape index (κ2) is 5.65. The highest BCUT2D eigenvalue weighted by molar-refractivity contribution is 5.38. The van der Waals surface area contributed by atoms with Gasteiger partial charge in [-0.05, 0) is 41.3 Å². The molecule has 1 heterocycles. The third-order valence-corrected chi connectivity index (χ3v) is 3.11.